The van der Waals surface area contributed by atoms with Gasteiger partial charge in [0, 0.05) is 23.9 Å². The van der Waals surface area contributed by atoms with Crippen molar-refractivity contribution in [3.63, 3.8) is 0 Å². The van der Waals surface area contributed by atoms with Gasteiger partial charge in [0.2, 0.25) is 0 Å². The van der Waals surface area contributed by atoms with Gasteiger partial charge in [-0.3, -0.25) is 14.4 Å². The van der Waals surface area contributed by atoms with Crippen LogP contribution >= 0.6 is 0 Å². The molecule has 0 unspecified atom stereocenters. The number of hydrogen-bond donors (Lipinski definition) is 1. The van der Waals surface area contributed by atoms with E-state index in [1.54, 1.807) is 0 Å². The second kappa shape index (κ2) is 8.04. The van der Waals surface area contributed by atoms with Crippen LogP contribution in [0.2, 0.25) is 0 Å². The number of carboxylic acids is 1. The van der Waals surface area contributed by atoms with Gasteiger partial charge in [-0.05, 0) is 40.5 Å². The van der Waals surface area contributed by atoms with Gasteiger partial charge in [0.15, 0.2) is 0 Å². The molecule has 0 bridgehead atoms. The summed E-state index contributed by atoms with van der Waals surface area (Å²) in [5.41, 5.74) is -0.506. The fourth-order valence-corrected chi connectivity index (χ4v) is 4.31. The topological polar surface area (TPSA) is 76.1 Å². The Kier molecular flexibility index (Phi) is 6.49. The minimum absolute atomic E-state index is 0.0744. The number of esters is 1. The second-order valence-electron chi connectivity index (χ2n) is 8.70. The van der Waals surface area contributed by atoms with Gasteiger partial charge in [-0.2, -0.15) is 5.06 Å². The molecule has 1 saturated carbocycles. The summed E-state index contributed by atoms with van der Waals surface area (Å²) in [6, 6.07) is 0. The van der Waals surface area contributed by atoms with Crippen LogP contribution in [0.1, 0.15) is 85.5 Å². The predicted molar refractivity (Wildman–Crippen MR) is 93.9 cm³/mol. The summed E-state index contributed by atoms with van der Waals surface area (Å²) in [5, 5.41) is 10.8. The zero-order valence-corrected chi connectivity index (χ0v) is 16.0. The van der Waals surface area contributed by atoms with E-state index in [-0.39, 0.29) is 36.1 Å². The molecule has 0 aromatic carbocycles. The van der Waals surface area contributed by atoms with Crippen molar-refractivity contribution in [1.82, 2.24) is 5.06 Å². The Morgan fingerprint density at radius 1 is 0.960 bits per heavy atom. The molecule has 1 N–H and O–H groups in total. The Labute approximate surface area is 150 Å². The lowest BCUT2D eigenvalue weighted by Crippen LogP contribution is -2.63. The number of aliphatic carboxylic acids is 1. The highest BCUT2D eigenvalue weighted by atomic mass is 16.7. The number of nitrogens with zero attached hydrogens (tertiary/aromatic N) is 1. The van der Waals surface area contributed by atoms with Crippen LogP contribution in [0.25, 0.3) is 0 Å². The van der Waals surface area contributed by atoms with Gasteiger partial charge in [0.25, 0.3) is 0 Å². The molecule has 0 spiro atoms. The molecule has 6 nitrogen and oxygen atoms in total. The Bertz CT molecular complexity index is 464. The molecule has 0 radical (unpaired) electrons. The fourth-order valence-electron chi connectivity index (χ4n) is 4.31. The van der Waals surface area contributed by atoms with E-state index in [2.05, 4.69) is 32.8 Å². The Morgan fingerprint density at radius 2 is 1.52 bits per heavy atom. The molecule has 1 aliphatic heterocycles. The number of piperidine rings is 1. The van der Waals surface area contributed by atoms with Gasteiger partial charge >= 0.3 is 11.9 Å². The highest BCUT2D eigenvalue weighted by Gasteiger charge is 2.48. The Hall–Kier alpha value is -1.14. The van der Waals surface area contributed by atoms with Gasteiger partial charge < -0.3 is 9.84 Å². The number of ether oxygens (including phenoxy) is 1. The largest absolute Gasteiger partial charge is 0.481 e. The number of hydroxylamine groups is 2. The van der Waals surface area contributed by atoms with Crippen molar-refractivity contribution in [2.45, 2.75) is 109 Å². The maximum atomic E-state index is 11.9. The first-order valence-electron chi connectivity index (χ1n) is 9.48. The zero-order valence-electron chi connectivity index (χ0n) is 16.0. The SMILES string of the molecule is CC1(C)CC(OC(=O)CCC(=O)O)CC(C)(C)N1OC1CCCCC1. The first-order chi connectivity index (χ1) is 11.6. The fraction of sp³-hybridized carbons (Fsp3) is 0.895. The predicted octanol–water partition coefficient (Wildman–Crippen LogP) is 3.68. The van der Waals surface area contributed by atoms with Crippen LogP contribution in [-0.4, -0.2) is 45.4 Å². The number of carboxylic acid groups (broad SMARTS) is 1. The summed E-state index contributed by atoms with van der Waals surface area (Å²) in [6.45, 7) is 8.48. The summed E-state index contributed by atoms with van der Waals surface area (Å²) in [4.78, 5) is 28.9. The van der Waals surface area contributed by atoms with Crippen LogP contribution in [-0.2, 0) is 19.2 Å². The molecule has 144 valence electrons. The lowest BCUT2D eigenvalue weighted by atomic mass is 9.80. The quantitative estimate of drug-likeness (QED) is 0.733. The van der Waals surface area contributed by atoms with Crippen molar-refractivity contribution in [1.29, 1.82) is 0 Å². The van der Waals surface area contributed by atoms with Gasteiger partial charge in [0.05, 0.1) is 18.9 Å². The molecule has 2 rings (SSSR count). The smallest absolute Gasteiger partial charge is 0.306 e. The molecular weight excluding hydrogens is 322 g/mol. The van der Waals surface area contributed by atoms with E-state index in [1.807, 2.05) is 0 Å². The Morgan fingerprint density at radius 3 is 2.04 bits per heavy atom. The molecule has 2 fully saturated rings. The van der Waals surface area contributed by atoms with E-state index < -0.39 is 11.9 Å². The third kappa shape index (κ3) is 5.68. The summed E-state index contributed by atoms with van der Waals surface area (Å²) in [6.07, 6.45) is 7.13. The summed E-state index contributed by atoms with van der Waals surface area (Å²) in [7, 11) is 0. The second-order valence-corrected chi connectivity index (χ2v) is 8.70. The van der Waals surface area contributed by atoms with Crippen molar-refractivity contribution >= 4 is 11.9 Å². The van der Waals surface area contributed by atoms with E-state index >= 15 is 0 Å². The highest BCUT2D eigenvalue weighted by molar-refractivity contribution is 5.76. The molecule has 25 heavy (non-hydrogen) atoms. The van der Waals surface area contributed by atoms with E-state index in [1.165, 1.54) is 19.3 Å². The monoisotopic (exact) mass is 355 g/mol. The summed E-state index contributed by atoms with van der Waals surface area (Å²) < 4.78 is 5.57. The van der Waals surface area contributed by atoms with Crippen LogP contribution in [0.5, 0.6) is 0 Å². The molecule has 0 aromatic rings. The van der Waals surface area contributed by atoms with Crippen LogP contribution < -0.4 is 0 Å². The third-order valence-corrected chi connectivity index (χ3v) is 5.20. The first kappa shape index (κ1) is 20.2. The van der Waals surface area contributed by atoms with Gasteiger partial charge in [0.1, 0.15) is 6.10 Å². The molecule has 1 heterocycles. The minimum Gasteiger partial charge on any atom is -0.481 e. The molecule has 1 aliphatic carbocycles. The van der Waals surface area contributed by atoms with Crippen molar-refractivity contribution in [2.75, 3.05) is 0 Å². The zero-order chi connectivity index (χ0) is 18.7. The molecule has 1 saturated heterocycles. The Balaban J connectivity index is 1.97. The van der Waals surface area contributed by atoms with Crippen LogP contribution in [0, 0.1) is 0 Å². The summed E-state index contributed by atoms with van der Waals surface area (Å²) >= 11 is 0. The van der Waals surface area contributed by atoms with E-state index in [0.29, 0.717) is 12.8 Å². The molecular formula is C19H33NO5. The van der Waals surface area contributed by atoms with Crippen LogP contribution in [0.3, 0.4) is 0 Å². The lowest BCUT2D eigenvalue weighted by Gasteiger charge is -2.54. The van der Waals surface area contributed by atoms with Crippen LogP contribution in [0.15, 0.2) is 0 Å². The standard InChI is InChI=1S/C19H33NO5/c1-18(2)12-15(24-17(23)11-10-16(21)22)13-19(3,4)20(18)25-14-8-6-5-7-9-14/h14-15H,5-13H2,1-4H3,(H,21,22). The number of hydrogen-bond acceptors (Lipinski definition) is 5. The van der Waals surface area contributed by atoms with Crippen molar-refractivity contribution in [3.8, 4) is 0 Å². The average molecular weight is 355 g/mol. The molecule has 2 aliphatic rings. The summed E-state index contributed by atoms with van der Waals surface area (Å²) in [5.74, 6) is -1.41. The molecule has 6 heteroatoms. The molecule has 0 aromatic heterocycles. The van der Waals surface area contributed by atoms with Gasteiger partial charge in [-0.15, -0.1) is 0 Å². The van der Waals surface area contributed by atoms with E-state index in [9.17, 15) is 9.59 Å². The van der Waals surface area contributed by atoms with Crippen molar-refractivity contribution < 1.29 is 24.3 Å². The minimum atomic E-state index is -0.978. The first-order valence-corrected chi connectivity index (χ1v) is 9.48. The van der Waals surface area contributed by atoms with E-state index in [4.69, 9.17) is 14.7 Å². The van der Waals surface area contributed by atoms with Gasteiger partial charge in [-0.1, -0.05) is 19.3 Å². The third-order valence-electron chi connectivity index (χ3n) is 5.20. The lowest BCUT2D eigenvalue weighted by molar-refractivity contribution is -0.318. The molecule has 0 atom stereocenters. The number of rotatable bonds is 6. The van der Waals surface area contributed by atoms with Crippen molar-refractivity contribution in [2.24, 2.45) is 0 Å². The maximum Gasteiger partial charge on any atom is 0.306 e. The maximum absolute atomic E-state index is 11.9. The normalized spacial score (nSPS) is 24.8. The van der Waals surface area contributed by atoms with Crippen LogP contribution in [0.4, 0.5) is 0 Å². The van der Waals surface area contributed by atoms with E-state index in [0.717, 1.165) is 12.8 Å². The molecule has 0 amide bonds. The number of carbonyl (C=O) groups excluding carboxylic acids is 1. The average Bonchev–Trinajstić information content (AvgIpc) is 2.49. The number of carbonyl (C=O) groups is 2. The van der Waals surface area contributed by atoms with Crippen molar-refractivity contribution in [3.05, 3.63) is 0 Å². The van der Waals surface area contributed by atoms with Gasteiger partial charge in [-0.25, -0.2) is 0 Å². The highest BCUT2D eigenvalue weighted by Crippen LogP contribution is 2.41.